The van der Waals surface area contributed by atoms with E-state index in [-0.39, 0.29) is 5.69 Å². The molecule has 19 heavy (non-hydrogen) atoms. The van der Waals surface area contributed by atoms with E-state index in [1.807, 2.05) is 6.92 Å². The zero-order chi connectivity index (χ0) is 13.4. The number of carboxylic acid groups (broad SMARTS) is 1. The lowest BCUT2D eigenvalue weighted by Gasteiger charge is -2.28. The highest BCUT2D eigenvalue weighted by atomic mass is 16.5. The first-order valence-corrected chi connectivity index (χ1v) is 6.08. The highest BCUT2D eigenvalue weighted by Crippen LogP contribution is 2.20. The lowest BCUT2D eigenvalue weighted by molar-refractivity contribution is 0.0690. The normalized spacial score (nSPS) is 15.9. The molecular formula is C12H14N4O3. The van der Waals surface area contributed by atoms with E-state index in [2.05, 4.69) is 15.0 Å². The Hall–Kier alpha value is -2.15. The monoisotopic (exact) mass is 262 g/mol. The maximum atomic E-state index is 11.2. The quantitative estimate of drug-likeness (QED) is 0.852. The Morgan fingerprint density at radius 2 is 2.16 bits per heavy atom. The number of aryl methyl sites for hydroxylation is 1. The first-order chi connectivity index (χ1) is 9.16. The molecule has 0 spiro atoms. The van der Waals surface area contributed by atoms with Crippen LogP contribution in [0, 0.1) is 6.92 Å². The third kappa shape index (κ3) is 2.01. The van der Waals surface area contributed by atoms with Crippen LogP contribution < -0.4 is 4.90 Å². The van der Waals surface area contributed by atoms with Crippen LogP contribution in [0.3, 0.4) is 0 Å². The molecule has 0 aromatic carbocycles. The van der Waals surface area contributed by atoms with E-state index in [0.29, 0.717) is 18.9 Å². The number of rotatable bonds is 2. The van der Waals surface area contributed by atoms with E-state index in [0.717, 1.165) is 24.5 Å². The van der Waals surface area contributed by atoms with Crippen molar-refractivity contribution in [2.45, 2.75) is 6.92 Å². The summed E-state index contributed by atoms with van der Waals surface area (Å²) in [6, 6.07) is 1.56. The van der Waals surface area contributed by atoms with Crippen molar-refractivity contribution < 1.29 is 14.6 Å². The van der Waals surface area contributed by atoms with Crippen LogP contribution in [-0.4, -0.2) is 52.0 Å². The second kappa shape index (κ2) is 4.51. The van der Waals surface area contributed by atoms with Crippen LogP contribution >= 0.6 is 0 Å². The average molecular weight is 262 g/mol. The number of anilines is 1. The molecule has 1 N–H and O–H groups in total. The van der Waals surface area contributed by atoms with Crippen LogP contribution in [0.1, 0.15) is 16.1 Å². The third-order valence-electron chi connectivity index (χ3n) is 3.18. The second-order valence-electron chi connectivity index (χ2n) is 4.47. The summed E-state index contributed by atoms with van der Waals surface area (Å²) in [6.07, 6.45) is 1.69. The Labute approximate surface area is 109 Å². The van der Waals surface area contributed by atoms with Crippen LogP contribution in [0.5, 0.6) is 0 Å². The summed E-state index contributed by atoms with van der Waals surface area (Å²) in [5.74, 6) is -0.281. The summed E-state index contributed by atoms with van der Waals surface area (Å²) in [6.45, 7) is 4.57. The van der Waals surface area contributed by atoms with E-state index in [9.17, 15) is 4.79 Å². The minimum atomic E-state index is -1.03. The largest absolute Gasteiger partial charge is 0.477 e. The van der Waals surface area contributed by atoms with E-state index in [1.54, 1.807) is 16.8 Å². The van der Waals surface area contributed by atoms with Gasteiger partial charge in [-0.25, -0.2) is 9.78 Å². The fourth-order valence-corrected chi connectivity index (χ4v) is 2.18. The molecule has 0 amide bonds. The molecule has 0 radical (unpaired) electrons. The predicted molar refractivity (Wildman–Crippen MR) is 67.7 cm³/mol. The van der Waals surface area contributed by atoms with Crippen molar-refractivity contribution in [1.29, 1.82) is 0 Å². The zero-order valence-electron chi connectivity index (χ0n) is 10.5. The van der Waals surface area contributed by atoms with E-state index >= 15 is 0 Å². The Kier molecular flexibility index (Phi) is 2.83. The van der Waals surface area contributed by atoms with Gasteiger partial charge >= 0.3 is 5.97 Å². The molecule has 0 aliphatic carbocycles. The van der Waals surface area contributed by atoms with Crippen molar-refractivity contribution in [2.24, 2.45) is 0 Å². The van der Waals surface area contributed by atoms with Crippen LogP contribution in [0.15, 0.2) is 12.3 Å². The Balaban J connectivity index is 2.17. The fraction of sp³-hybridized carbons (Fsp3) is 0.417. The number of ether oxygens (including phenoxy) is 1. The van der Waals surface area contributed by atoms with Gasteiger partial charge < -0.3 is 14.7 Å². The van der Waals surface area contributed by atoms with Crippen molar-refractivity contribution in [3.8, 4) is 0 Å². The van der Waals surface area contributed by atoms with Crippen molar-refractivity contribution in [1.82, 2.24) is 14.6 Å². The SMILES string of the molecule is Cc1cnn2c(N3CCOCC3)cc(C(=O)O)nc12. The minimum absolute atomic E-state index is 0.0394. The molecule has 2 aromatic heterocycles. The summed E-state index contributed by atoms with van der Waals surface area (Å²) in [4.78, 5) is 17.4. The van der Waals surface area contributed by atoms with E-state index in [4.69, 9.17) is 9.84 Å². The van der Waals surface area contributed by atoms with Crippen LogP contribution in [-0.2, 0) is 4.74 Å². The summed E-state index contributed by atoms with van der Waals surface area (Å²) in [5.41, 5.74) is 1.48. The van der Waals surface area contributed by atoms with Gasteiger partial charge in [-0.2, -0.15) is 9.61 Å². The summed E-state index contributed by atoms with van der Waals surface area (Å²) in [5, 5.41) is 13.4. The minimum Gasteiger partial charge on any atom is -0.477 e. The highest BCUT2D eigenvalue weighted by Gasteiger charge is 2.19. The molecule has 0 atom stereocenters. The highest BCUT2D eigenvalue weighted by molar-refractivity contribution is 5.87. The maximum absolute atomic E-state index is 11.2. The molecule has 0 saturated carbocycles. The van der Waals surface area contributed by atoms with Gasteiger partial charge in [0.2, 0.25) is 0 Å². The molecule has 3 rings (SSSR count). The van der Waals surface area contributed by atoms with Gasteiger partial charge in [-0.05, 0) is 6.92 Å². The predicted octanol–water partition coefficient (Wildman–Crippen LogP) is 0.573. The molecule has 100 valence electrons. The number of hydrogen-bond donors (Lipinski definition) is 1. The summed E-state index contributed by atoms with van der Waals surface area (Å²) < 4.78 is 7.00. The molecular weight excluding hydrogens is 248 g/mol. The maximum Gasteiger partial charge on any atom is 0.354 e. The fourth-order valence-electron chi connectivity index (χ4n) is 2.18. The van der Waals surface area contributed by atoms with Crippen LogP contribution in [0.25, 0.3) is 5.65 Å². The van der Waals surface area contributed by atoms with E-state index in [1.165, 1.54) is 0 Å². The van der Waals surface area contributed by atoms with Crippen LogP contribution in [0.4, 0.5) is 5.82 Å². The number of hydrogen-bond acceptors (Lipinski definition) is 5. The number of morpholine rings is 1. The number of fused-ring (bicyclic) bond motifs is 1. The summed E-state index contributed by atoms with van der Waals surface area (Å²) in [7, 11) is 0. The third-order valence-corrected chi connectivity index (χ3v) is 3.18. The lowest BCUT2D eigenvalue weighted by Crippen LogP contribution is -2.37. The smallest absolute Gasteiger partial charge is 0.354 e. The summed E-state index contributed by atoms with van der Waals surface area (Å²) >= 11 is 0. The molecule has 3 heterocycles. The van der Waals surface area contributed by atoms with Crippen molar-refractivity contribution >= 4 is 17.4 Å². The van der Waals surface area contributed by atoms with Crippen molar-refractivity contribution in [3.63, 3.8) is 0 Å². The molecule has 7 heteroatoms. The van der Waals surface area contributed by atoms with Crippen molar-refractivity contribution in [2.75, 3.05) is 31.2 Å². The molecule has 1 aliphatic rings. The Morgan fingerprint density at radius 3 is 2.84 bits per heavy atom. The van der Waals surface area contributed by atoms with Gasteiger partial charge in [0.15, 0.2) is 11.3 Å². The van der Waals surface area contributed by atoms with Gasteiger partial charge in [0.1, 0.15) is 5.82 Å². The van der Waals surface area contributed by atoms with Crippen LogP contribution in [0.2, 0.25) is 0 Å². The second-order valence-corrected chi connectivity index (χ2v) is 4.47. The first kappa shape index (κ1) is 11.9. The topological polar surface area (TPSA) is 80.0 Å². The standard InChI is InChI=1S/C12H14N4O3/c1-8-7-13-16-10(15-2-4-19-5-3-15)6-9(12(17)18)14-11(8)16/h6-7H,2-5H2,1H3,(H,17,18). The zero-order valence-corrected chi connectivity index (χ0v) is 10.5. The molecule has 1 fully saturated rings. The molecule has 2 aromatic rings. The van der Waals surface area contributed by atoms with E-state index < -0.39 is 5.97 Å². The molecule has 1 aliphatic heterocycles. The number of carboxylic acids is 1. The van der Waals surface area contributed by atoms with Gasteiger partial charge in [-0.3, -0.25) is 0 Å². The van der Waals surface area contributed by atoms with Crippen molar-refractivity contribution in [3.05, 3.63) is 23.5 Å². The Morgan fingerprint density at radius 1 is 1.42 bits per heavy atom. The molecule has 0 bridgehead atoms. The number of carbonyl (C=O) groups is 1. The van der Waals surface area contributed by atoms with Gasteiger partial charge in [0.05, 0.1) is 19.4 Å². The van der Waals surface area contributed by atoms with Gasteiger partial charge in [0.25, 0.3) is 0 Å². The molecule has 0 unspecified atom stereocenters. The number of aromatic nitrogens is 3. The van der Waals surface area contributed by atoms with Gasteiger partial charge in [-0.1, -0.05) is 0 Å². The lowest BCUT2D eigenvalue weighted by atomic mass is 10.3. The average Bonchev–Trinajstić information content (AvgIpc) is 2.80. The molecule has 7 nitrogen and oxygen atoms in total. The first-order valence-electron chi connectivity index (χ1n) is 6.08. The number of nitrogens with zero attached hydrogens (tertiary/aromatic N) is 4. The molecule has 1 saturated heterocycles. The van der Waals surface area contributed by atoms with Gasteiger partial charge in [-0.15, -0.1) is 0 Å². The van der Waals surface area contributed by atoms with Gasteiger partial charge in [0, 0.05) is 24.7 Å². The Bertz CT molecular complexity index is 631. The number of aromatic carboxylic acids is 1.